The Morgan fingerprint density at radius 2 is 2.00 bits per heavy atom. The summed E-state index contributed by atoms with van der Waals surface area (Å²) in [4.78, 5) is 12.0. The number of carbonyl (C=O) groups excluding carboxylic acids is 1. The maximum absolute atomic E-state index is 12.0. The van der Waals surface area contributed by atoms with Crippen LogP contribution in [0.25, 0.3) is 0 Å². The van der Waals surface area contributed by atoms with E-state index in [4.69, 9.17) is 14.2 Å². The zero-order valence-electron chi connectivity index (χ0n) is 13.0. The van der Waals surface area contributed by atoms with Gasteiger partial charge >= 0.3 is 0 Å². The first-order chi connectivity index (χ1) is 10.9. The molecule has 0 unspecified atom stereocenters. The Morgan fingerprint density at radius 1 is 1.30 bits per heavy atom. The Hall–Kier alpha value is -1.51. The highest BCUT2D eigenvalue weighted by Gasteiger charge is 2.55. The lowest BCUT2D eigenvalue weighted by Gasteiger charge is -2.26. The highest BCUT2D eigenvalue weighted by atomic mass is 16.8. The summed E-state index contributed by atoms with van der Waals surface area (Å²) in [7, 11) is 0. The van der Waals surface area contributed by atoms with Crippen LogP contribution in [-0.2, 0) is 14.2 Å². The van der Waals surface area contributed by atoms with Crippen molar-refractivity contribution in [2.75, 3.05) is 6.54 Å². The zero-order chi connectivity index (χ0) is 16.6. The molecule has 1 aromatic rings. The second-order valence-corrected chi connectivity index (χ2v) is 6.20. The Kier molecular flexibility index (Phi) is 4.39. The summed E-state index contributed by atoms with van der Waals surface area (Å²) in [6, 6.07) is 8.68. The van der Waals surface area contributed by atoms with Crippen molar-refractivity contribution in [3.05, 3.63) is 35.9 Å². The van der Waals surface area contributed by atoms with E-state index in [0.29, 0.717) is 5.56 Å². The molecule has 0 aliphatic carbocycles. The lowest BCUT2D eigenvalue weighted by Crippen LogP contribution is -2.46. The van der Waals surface area contributed by atoms with Gasteiger partial charge in [-0.3, -0.25) is 4.79 Å². The van der Waals surface area contributed by atoms with Crippen LogP contribution in [0.5, 0.6) is 0 Å². The van der Waals surface area contributed by atoms with Crippen molar-refractivity contribution in [2.45, 2.75) is 50.3 Å². The van der Waals surface area contributed by atoms with Crippen molar-refractivity contribution in [3.8, 4) is 0 Å². The van der Waals surface area contributed by atoms with Crippen molar-refractivity contribution in [2.24, 2.45) is 0 Å². The molecule has 126 valence electrons. The topological polar surface area (TPSA) is 97.2 Å². The SMILES string of the molecule is CC1(C)O[C@@H]2O[C@H]([C@@H](O)CNC(=O)c3ccccc3)[C@@H](O)[C@@H]2O1. The fourth-order valence-corrected chi connectivity index (χ4v) is 2.84. The molecule has 3 rings (SSSR count). The molecule has 0 aromatic heterocycles. The van der Waals surface area contributed by atoms with Gasteiger partial charge in [-0.15, -0.1) is 0 Å². The van der Waals surface area contributed by atoms with E-state index in [2.05, 4.69) is 5.32 Å². The van der Waals surface area contributed by atoms with Crippen molar-refractivity contribution in [1.82, 2.24) is 5.32 Å². The summed E-state index contributed by atoms with van der Waals surface area (Å²) in [5, 5.41) is 23.0. The Balaban J connectivity index is 1.54. The van der Waals surface area contributed by atoms with E-state index in [-0.39, 0.29) is 12.5 Å². The van der Waals surface area contributed by atoms with E-state index in [1.165, 1.54) is 0 Å². The molecule has 2 aliphatic rings. The van der Waals surface area contributed by atoms with Gasteiger partial charge in [0.1, 0.15) is 24.4 Å². The summed E-state index contributed by atoms with van der Waals surface area (Å²) in [5.74, 6) is -1.13. The minimum absolute atomic E-state index is 0.0434. The maximum atomic E-state index is 12.0. The van der Waals surface area contributed by atoms with Gasteiger partial charge in [0.25, 0.3) is 5.91 Å². The molecule has 7 nitrogen and oxygen atoms in total. The van der Waals surface area contributed by atoms with Gasteiger partial charge in [-0.05, 0) is 26.0 Å². The number of fused-ring (bicyclic) bond motifs is 1. The number of carbonyl (C=O) groups is 1. The van der Waals surface area contributed by atoms with E-state index in [9.17, 15) is 15.0 Å². The number of ether oxygens (including phenoxy) is 3. The van der Waals surface area contributed by atoms with Crippen LogP contribution in [0.15, 0.2) is 30.3 Å². The molecular weight excluding hydrogens is 302 g/mol. The molecule has 1 amide bonds. The molecule has 0 radical (unpaired) electrons. The van der Waals surface area contributed by atoms with Crippen molar-refractivity contribution < 1.29 is 29.2 Å². The van der Waals surface area contributed by atoms with E-state index < -0.39 is 36.5 Å². The van der Waals surface area contributed by atoms with Crippen LogP contribution in [0, 0.1) is 0 Å². The van der Waals surface area contributed by atoms with Crippen molar-refractivity contribution in [1.29, 1.82) is 0 Å². The van der Waals surface area contributed by atoms with Crippen LogP contribution in [0.1, 0.15) is 24.2 Å². The quantitative estimate of drug-likeness (QED) is 0.722. The molecule has 0 saturated carbocycles. The van der Waals surface area contributed by atoms with Crippen LogP contribution in [0.2, 0.25) is 0 Å². The van der Waals surface area contributed by atoms with Gasteiger partial charge in [0, 0.05) is 12.1 Å². The molecule has 3 N–H and O–H groups in total. The summed E-state index contributed by atoms with van der Waals surface area (Å²) in [6.07, 6.45) is -4.33. The molecule has 2 aliphatic heterocycles. The number of aliphatic hydroxyl groups excluding tert-OH is 2. The molecule has 2 heterocycles. The largest absolute Gasteiger partial charge is 0.388 e. The number of hydrogen-bond donors (Lipinski definition) is 3. The molecule has 5 atom stereocenters. The zero-order valence-corrected chi connectivity index (χ0v) is 13.0. The Morgan fingerprint density at radius 3 is 2.65 bits per heavy atom. The summed E-state index contributed by atoms with van der Waals surface area (Å²) in [5.41, 5.74) is 0.498. The molecular formula is C16H21NO6. The number of hydrogen-bond acceptors (Lipinski definition) is 6. The van der Waals surface area contributed by atoms with Gasteiger partial charge in [-0.1, -0.05) is 18.2 Å². The average molecular weight is 323 g/mol. The Labute approximate surface area is 134 Å². The van der Waals surface area contributed by atoms with Crippen molar-refractivity contribution >= 4 is 5.91 Å². The fraction of sp³-hybridized carbons (Fsp3) is 0.562. The molecule has 2 fully saturated rings. The second kappa shape index (κ2) is 6.18. The molecule has 23 heavy (non-hydrogen) atoms. The normalized spacial score (nSPS) is 33.2. The minimum atomic E-state index is -1.07. The molecule has 0 spiro atoms. The molecule has 1 aromatic carbocycles. The molecule has 7 heteroatoms. The monoisotopic (exact) mass is 323 g/mol. The van der Waals surface area contributed by atoms with E-state index in [0.717, 1.165) is 0 Å². The molecule has 0 bridgehead atoms. The third-order valence-corrected chi connectivity index (χ3v) is 3.94. The van der Waals surface area contributed by atoms with Gasteiger partial charge in [0.05, 0.1) is 0 Å². The van der Waals surface area contributed by atoms with E-state index in [1.54, 1.807) is 38.1 Å². The van der Waals surface area contributed by atoms with Gasteiger partial charge in [-0.2, -0.15) is 0 Å². The highest BCUT2D eigenvalue weighted by molar-refractivity contribution is 5.94. The first-order valence-corrected chi connectivity index (χ1v) is 7.58. The van der Waals surface area contributed by atoms with Gasteiger partial charge in [0.15, 0.2) is 12.1 Å². The van der Waals surface area contributed by atoms with Crippen LogP contribution in [0.3, 0.4) is 0 Å². The third kappa shape index (κ3) is 3.39. The summed E-state index contributed by atoms with van der Waals surface area (Å²) >= 11 is 0. The van der Waals surface area contributed by atoms with Gasteiger partial charge in [0.2, 0.25) is 0 Å². The number of benzene rings is 1. The van der Waals surface area contributed by atoms with Gasteiger partial charge in [-0.25, -0.2) is 0 Å². The maximum Gasteiger partial charge on any atom is 0.251 e. The molecule has 2 saturated heterocycles. The third-order valence-electron chi connectivity index (χ3n) is 3.94. The predicted molar refractivity (Wildman–Crippen MR) is 79.5 cm³/mol. The number of amides is 1. The highest BCUT2D eigenvalue weighted by Crippen LogP contribution is 2.38. The van der Waals surface area contributed by atoms with E-state index >= 15 is 0 Å². The van der Waals surface area contributed by atoms with E-state index in [1.807, 2.05) is 6.07 Å². The first-order valence-electron chi connectivity index (χ1n) is 7.58. The minimum Gasteiger partial charge on any atom is -0.388 e. The summed E-state index contributed by atoms with van der Waals surface area (Å²) in [6.45, 7) is 3.41. The van der Waals surface area contributed by atoms with Crippen LogP contribution < -0.4 is 5.32 Å². The number of nitrogens with one attached hydrogen (secondary N) is 1. The smallest absolute Gasteiger partial charge is 0.251 e. The summed E-state index contributed by atoms with van der Waals surface area (Å²) < 4.78 is 16.6. The Bertz CT molecular complexity index is 563. The number of aliphatic hydroxyl groups is 2. The van der Waals surface area contributed by atoms with Crippen molar-refractivity contribution in [3.63, 3.8) is 0 Å². The predicted octanol–water partition coefficient (Wildman–Crippen LogP) is 0.0146. The second-order valence-electron chi connectivity index (χ2n) is 6.20. The number of rotatable bonds is 4. The van der Waals surface area contributed by atoms with Crippen LogP contribution in [0.4, 0.5) is 0 Å². The lowest BCUT2D eigenvalue weighted by molar-refractivity contribution is -0.225. The van der Waals surface area contributed by atoms with Crippen LogP contribution in [-0.4, -0.2) is 59.2 Å². The van der Waals surface area contributed by atoms with Crippen LogP contribution >= 0.6 is 0 Å². The fourth-order valence-electron chi connectivity index (χ4n) is 2.84. The first kappa shape index (κ1) is 16.4. The average Bonchev–Trinajstić information content (AvgIpc) is 2.99. The van der Waals surface area contributed by atoms with Gasteiger partial charge < -0.3 is 29.7 Å². The standard InChI is InChI=1S/C16H21NO6/c1-16(2)22-13-11(19)12(21-15(13)23-16)10(18)8-17-14(20)9-6-4-3-5-7-9/h3-7,10-13,15,18-19H,8H2,1-2H3,(H,17,20)/t10-,11+,12+,13-,15-/m0/s1. The lowest BCUT2D eigenvalue weighted by atomic mass is 10.1.